The van der Waals surface area contributed by atoms with Gasteiger partial charge in [0.2, 0.25) is 11.8 Å². The average molecular weight is 468 g/mol. The van der Waals surface area contributed by atoms with Crippen LogP contribution in [0.15, 0.2) is 47.6 Å². The van der Waals surface area contributed by atoms with Crippen molar-refractivity contribution in [3.63, 3.8) is 0 Å². The zero-order chi connectivity index (χ0) is 23.8. The van der Waals surface area contributed by atoms with Gasteiger partial charge in [0.1, 0.15) is 11.6 Å². The molecule has 0 fully saturated rings. The van der Waals surface area contributed by atoms with Gasteiger partial charge in [-0.05, 0) is 61.7 Å². The van der Waals surface area contributed by atoms with Gasteiger partial charge >= 0.3 is 0 Å². The zero-order valence-corrected chi connectivity index (χ0v) is 20.2. The number of nitrogens with one attached hydrogen (secondary N) is 2. The minimum Gasteiger partial charge on any atom is -0.497 e. The lowest BCUT2D eigenvalue weighted by molar-refractivity contribution is -0.118. The molecule has 1 aromatic heterocycles. The maximum Gasteiger partial charge on any atom is 0.232 e. The second kappa shape index (κ2) is 11.5. The Morgan fingerprint density at radius 3 is 2.36 bits per heavy atom. The molecule has 0 unspecified atom stereocenters. The van der Waals surface area contributed by atoms with Crippen LogP contribution in [0.2, 0.25) is 0 Å². The van der Waals surface area contributed by atoms with E-state index in [-0.39, 0.29) is 24.0 Å². The highest BCUT2D eigenvalue weighted by Crippen LogP contribution is 2.18. The van der Waals surface area contributed by atoms with E-state index in [2.05, 4.69) is 26.9 Å². The van der Waals surface area contributed by atoms with Crippen LogP contribution in [0.25, 0.3) is 0 Å². The summed E-state index contributed by atoms with van der Waals surface area (Å²) in [4.78, 5) is 24.8. The molecule has 0 radical (unpaired) electrons. The highest BCUT2D eigenvalue weighted by Gasteiger charge is 2.16. The predicted octanol–water partition coefficient (Wildman–Crippen LogP) is 3.51. The Kier molecular flexibility index (Phi) is 8.48. The van der Waals surface area contributed by atoms with Crippen LogP contribution in [0.4, 0.5) is 5.69 Å². The fourth-order valence-corrected chi connectivity index (χ4v) is 4.25. The number of amides is 2. The molecule has 1 heterocycles. The summed E-state index contributed by atoms with van der Waals surface area (Å²) in [7, 11) is 1.62. The molecule has 2 amide bonds. The van der Waals surface area contributed by atoms with E-state index in [9.17, 15) is 9.59 Å². The number of anilines is 1. The van der Waals surface area contributed by atoms with E-state index in [0.29, 0.717) is 24.1 Å². The summed E-state index contributed by atoms with van der Waals surface area (Å²) in [5.41, 5.74) is 3.93. The Morgan fingerprint density at radius 1 is 1.03 bits per heavy atom. The Bertz CT molecular complexity index is 1090. The molecule has 2 aromatic carbocycles. The molecule has 0 saturated heterocycles. The number of benzene rings is 2. The minimum atomic E-state index is -0.157. The molecule has 174 valence electrons. The van der Waals surface area contributed by atoms with Gasteiger partial charge in [-0.3, -0.25) is 9.59 Å². The molecular formula is C24H29N5O3S. The lowest BCUT2D eigenvalue weighted by atomic mass is 10.1. The number of hydrogen-bond donors (Lipinski definition) is 2. The van der Waals surface area contributed by atoms with Gasteiger partial charge in [-0.25, -0.2) is 0 Å². The molecule has 3 aromatic rings. The van der Waals surface area contributed by atoms with Gasteiger partial charge in [0.15, 0.2) is 5.16 Å². The van der Waals surface area contributed by atoms with Crippen LogP contribution in [0, 0.1) is 13.8 Å². The highest BCUT2D eigenvalue weighted by atomic mass is 32.2. The number of ether oxygens (including phenoxy) is 1. The molecule has 0 aliphatic heterocycles. The average Bonchev–Trinajstić information content (AvgIpc) is 3.16. The fourth-order valence-electron chi connectivity index (χ4n) is 3.40. The van der Waals surface area contributed by atoms with Gasteiger partial charge in [-0.1, -0.05) is 30.0 Å². The van der Waals surface area contributed by atoms with Crippen molar-refractivity contribution >= 4 is 29.3 Å². The Morgan fingerprint density at radius 2 is 1.73 bits per heavy atom. The molecular weight excluding hydrogens is 438 g/mol. The second-order valence-corrected chi connectivity index (χ2v) is 8.60. The molecule has 3 rings (SSSR count). The molecule has 0 spiro atoms. The lowest BCUT2D eigenvalue weighted by Crippen LogP contribution is -2.24. The number of methoxy groups -OCH3 is 1. The SMILES string of the molecule is CCn1c(CC(=O)Nc2cc(C)cc(C)c2)nnc1SCC(=O)NCc1ccc(OC)cc1. The molecule has 33 heavy (non-hydrogen) atoms. The summed E-state index contributed by atoms with van der Waals surface area (Å²) in [6, 6.07) is 13.5. The van der Waals surface area contributed by atoms with Crippen molar-refractivity contribution in [1.82, 2.24) is 20.1 Å². The minimum absolute atomic E-state index is 0.101. The van der Waals surface area contributed by atoms with Crippen molar-refractivity contribution in [2.45, 2.75) is 45.4 Å². The van der Waals surface area contributed by atoms with Crippen molar-refractivity contribution in [3.05, 3.63) is 65.0 Å². The smallest absolute Gasteiger partial charge is 0.232 e. The van der Waals surface area contributed by atoms with Crippen molar-refractivity contribution in [1.29, 1.82) is 0 Å². The third kappa shape index (κ3) is 7.08. The van der Waals surface area contributed by atoms with Gasteiger partial charge in [0.25, 0.3) is 0 Å². The first-order valence-corrected chi connectivity index (χ1v) is 11.7. The van der Waals surface area contributed by atoms with Gasteiger partial charge in [-0.15, -0.1) is 10.2 Å². The summed E-state index contributed by atoms with van der Waals surface area (Å²) < 4.78 is 7.00. The maximum atomic E-state index is 12.5. The lowest BCUT2D eigenvalue weighted by Gasteiger charge is -2.09. The van der Waals surface area contributed by atoms with Crippen LogP contribution in [0.5, 0.6) is 5.75 Å². The Balaban J connectivity index is 1.52. The monoisotopic (exact) mass is 467 g/mol. The summed E-state index contributed by atoms with van der Waals surface area (Å²) >= 11 is 1.30. The second-order valence-electron chi connectivity index (χ2n) is 7.66. The number of nitrogens with zero attached hydrogens (tertiary/aromatic N) is 3. The first kappa shape index (κ1) is 24.3. The molecule has 9 heteroatoms. The standard InChI is InChI=1S/C24H29N5O3S/c1-5-29-21(13-22(30)26-19-11-16(2)10-17(3)12-19)27-28-24(29)33-15-23(31)25-14-18-6-8-20(32-4)9-7-18/h6-12H,5,13-15H2,1-4H3,(H,25,31)(H,26,30). The van der Waals surface area contributed by atoms with Crippen LogP contribution in [-0.2, 0) is 29.1 Å². The Hall–Kier alpha value is -3.33. The summed E-state index contributed by atoms with van der Waals surface area (Å²) in [5.74, 6) is 1.30. The normalized spacial score (nSPS) is 10.7. The van der Waals surface area contributed by atoms with Gasteiger partial charge in [-0.2, -0.15) is 0 Å². The summed E-state index contributed by atoms with van der Waals surface area (Å²) in [5, 5.41) is 14.8. The number of aromatic nitrogens is 3. The molecule has 0 bridgehead atoms. The number of aryl methyl sites for hydroxylation is 2. The molecule has 2 N–H and O–H groups in total. The highest BCUT2D eigenvalue weighted by molar-refractivity contribution is 7.99. The van der Waals surface area contributed by atoms with Gasteiger partial charge in [0, 0.05) is 18.8 Å². The number of rotatable bonds is 10. The molecule has 0 saturated carbocycles. The molecule has 0 aliphatic carbocycles. The molecule has 0 aliphatic rings. The summed E-state index contributed by atoms with van der Waals surface area (Å²) in [6.07, 6.45) is 0.109. The first-order chi connectivity index (χ1) is 15.9. The Labute approximate surface area is 198 Å². The number of carbonyl (C=O) groups is 2. The van der Waals surface area contributed by atoms with Gasteiger partial charge in [0.05, 0.1) is 19.3 Å². The van der Waals surface area contributed by atoms with Crippen LogP contribution in [0.1, 0.15) is 29.4 Å². The predicted molar refractivity (Wildman–Crippen MR) is 130 cm³/mol. The van der Waals surface area contributed by atoms with Gasteiger partial charge < -0.3 is 19.9 Å². The number of hydrogen-bond acceptors (Lipinski definition) is 6. The first-order valence-electron chi connectivity index (χ1n) is 10.7. The van der Waals surface area contributed by atoms with E-state index in [1.807, 2.05) is 61.7 Å². The van der Waals surface area contributed by atoms with Crippen LogP contribution in [-0.4, -0.2) is 39.4 Å². The largest absolute Gasteiger partial charge is 0.497 e. The number of thioether (sulfide) groups is 1. The quantitative estimate of drug-likeness (QED) is 0.443. The van der Waals surface area contributed by atoms with Crippen LogP contribution < -0.4 is 15.4 Å². The topological polar surface area (TPSA) is 98.1 Å². The van der Waals surface area contributed by atoms with Crippen molar-refractivity contribution in [2.75, 3.05) is 18.2 Å². The van der Waals surface area contributed by atoms with E-state index in [0.717, 1.165) is 28.1 Å². The third-order valence-corrected chi connectivity index (χ3v) is 5.88. The zero-order valence-electron chi connectivity index (χ0n) is 19.3. The van der Waals surface area contributed by atoms with E-state index in [1.54, 1.807) is 7.11 Å². The van der Waals surface area contributed by atoms with Crippen molar-refractivity contribution in [3.8, 4) is 5.75 Å². The van der Waals surface area contributed by atoms with E-state index in [1.165, 1.54) is 11.8 Å². The number of carbonyl (C=O) groups excluding carboxylic acids is 2. The summed E-state index contributed by atoms with van der Waals surface area (Å²) in [6.45, 7) is 6.99. The molecule has 8 nitrogen and oxygen atoms in total. The van der Waals surface area contributed by atoms with E-state index in [4.69, 9.17) is 4.74 Å². The van der Waals surface area contributed by atoms with E-state index >= 15 is 0 Å². The third-order valence-electron chi connectivity index (χ3n) is 4.91. The van der Waals surface area contributed by atoms with E-state index < -0.39 is 0 Å². The van der Waals surface area contributed by atoms with Crippen LogP contribution >= 0.6 is 11.8 Å². The fraction of sp³-hybridized carbons (Fsp3) is 0.333. The van der Waals surface area contributed by atoms with Crippen LogP contribution in [0.3, 0.4) is 0 Å². The van der Waals surface area contributed by atoms with Crippen molar-refractivity contribution in [2.24, 2.45) is 0 Å². The molecule has 0 atom stereocenters. The maximum absolute atomic E-state index is 12.5. The van der Waals surface area contributed by atoms with Crippen molar-refractivity contribution < 1.29 is 14.3 Å².